The van der Waals surface area contributed by atoms with E-state index in [4.69, 9.17) is 0 Å². The smallest absolute Gasteiger partial charge is 0.251 e. The average Bonchev–Trinajstić information content (AvgIpc) is 2.95. The zero-order valence-corrected chi connectivity index (χ0v) is 14.0. The summed E-state index contributed by atoms with van der Waals surface area (Å²) in [6.07, 6.45) is -1.79. The number of nitrogens with zero attached hydrogens (tertiary/aromatic N) is 2. The summed E-state index contributed by atoms with van der Waals surface area (Å²) in [5, 5.41) is 4.74. The summed E-state index contributed by atoms with van der Waals surface area (Å²) >= 11 is 1.23. The number of anilines is 1. The first-order chi connectivity index (χ1) is 11.5. The Hall–Kier alpha value is -1.93. The van der Waals surface area contributed by atoms with Crippen molar-refractivity contribution in [2.24, 2.45) is 0 Å². The third kappa shape index (κ3) is 5.61. The van der Waals surface area contributed by atoms with Gasteiger partial charge in [-0.25, -0.2) is 18.2 Å². The minimum atomic E-state index is -2.48. The molecule has 0 saturated carbocycles. The quantitative estimate of drug-likeness (QED) is 0.780. The molecule has 0 saturated heterocycles. The van der Waals surface area contributed by atoms with Gasteiger partial charge in [-0.1, -0.05) is 6.92 Å². The van der Waals surface area contributed by atoms with E-state index in [0.717, 1.165) is 5.56 Å². The van der Waals surface area contributed by atoms with Crippen molar-refractivity contribution in [3.8, 4) is 11.3 Å². The minimum Gasteiger partial charge on any atom is -0.301 e. The Kier molecular flexibility index (Phi) is 6.74. The number of nitrogens with one attached hydrogen (secondary N) is 1. The molecule has 0 aliphatic rings. The molecule has 0 aliphatic heterocycles. The van der Waals surface area contributed by atoms with E-state index < -0.39 is 13.0 Å². The first-order valence-corrected chi connectivity index (χ1v) is 8.37. The lowest BCUT2D eigenvalue weighted by atomic mass is 10.2. The maximum absolute atomic E-state index is 12.9. The van der Waals surface area contributed by atoms with Gasteiger partial charge in [-0.15, -0.1) is 11.3 Å². The van der Waals surface area contributed by atoms with Crippen LogP contribution in [0.5, 0.6) is 0 Å². The van der Waals surface area contributed by atoms with Gasteiger partial charge in [0.15, 0.2) is 5.13 Å². The monoisotopic (exact) mass is 357 g/mol. The second-order valence-corrected chi connectivity index (χ2v) is 6.08. The maximum Gasteiger partial charge on any atom is 0.251 e. The van der Waals surface area contributed by atoms with Gasteiger partial charge in [-0.2, -0.15) is 0 Å². The van der Waals surface area contributed by atoms with E-state index in [-0.39, 0.29) is 18.3 Å². The van der Waals surface area contributed by atoms with Crippen molar-refractivity contribution in [3.63, 3.8) is 0 Å². The SMILES string of the molecule is CCCN(CC(=O)Nc1nc(-c2ccc(F)cc2)cs1)CC(F)F. The fourth-order valence-corrected chi connectivity index (χ4v) is 2.93. The highest BCUT2D eigenvalue weighted by Crippen LogP contribution is 2.25. The van der Waals surface area contributed by atoms with Crippen LogP contribution in [-0.2, 0) is 4.79 Å². The van der Waals surface area contributed by atoms with Gasteiger partial charge in [0, 0.05) is 10.9 Å². The zero-order chi connectivity index (χ0) is 17.5. The van der Waals surface area contributed by atoms with Crippen LogP contribution in [-0.4, -0.2) is 41.9 Å². The minimum absolute atomic E-state index is 0.107. The molecule has 8 heteroatoms. The molecule has 0 spiro atoms. The lowest BCUT2D eigenvalue weighted by Gasteiger charge is -2.19. The molecule has 0 fully saturated rings. The Morgan fingerprint density at radius 2 is 2.04 bits per heavy atom. The molecule has 130 valence electrons. The van der Waals surface area contributed by atoms with E-state index in [0.29, 0.717) is 23.8 Å². The molecular formula is C16H18F3N3OS. The fourth-order valence-electron chi connectivity index (χ4n) is 2.19. The summed E-state index contributed by atoms with van der Waals surface area (Å²) in [7, 11) is 0. The summed E-state index contributed by atoms with van der Waals surface area (Å²) in [5.74, 6) is -0.721. The average molecular weight is 357 g/mol. The van der Waals surface area contributed by atoms with Crippen LogP contribution in [0.4, 0.5) is 18.3 Å². The molecule has 0 radical (unpaired) electrons. The normalized spacial score (nSPS) is 11.2. The summed E-state index contributed by atoms with van der Waals surface area (Å²) in [6, 6.07) is 5.86. The Balaban J connectivity index is 1.95. The predicted molar refractivity (Wildman–Crippen MR) is 88.9 cm³/mol. The standard InChI is InChI=1S/C16H18F3N3OS/c1-2-7-22(8-14(18)19)9-15(23)21-16-20-13(10-24-16)11-3-5-12(17)6-4-11/h3-6,10,14H,2,7-9H2,1H3,(H,20,21,23). The second kappa shape index (κ2) is 8.79. The third-order valence-corrected chi connectivity index (χ3v) is 3.95. The molecule has 0 atom stereocenters. The molecule has 1 aromatic carbocycles. The molecule has 1 heterocycles. The van der Waals surface area contributed by atoms with Gasteiger partial charge in [-0.05, 0) is 37.2 Å². The van der Waals surface area contributed by atoms with Crippen molar-refractivity contribution in [2.75, 3.05) is 25.0 Å². The van der Waals surface area contributed by atoms with Crippen LogP contribution in [0.1, 0.15) is 13.3 Å². The van der Waals surface area contributed by atoms with E-state index in [1.165, 1.54) is 28.4 Å². The number of benzene rings is 1. The van der Waals surface area contributed by atoms with Crippen molar-refractivity contribution >= 4 is 22.4 Å². The molecule has 4 nitrogen and oxygen atoms in total. The molecule has 24 heavy (non-hydrogen) atoms. The predicted octanol–water partition coefficient (Wildman–Crippen LogP) is 3.86. The van der Waals surface area contributed by atoms with Crippen molar-refractivity contribution in [1.29, 1.82) is 0 Å². The van der Waals surface area contributed by atoms with Gasteiger partial charge >= 0.3 is 0 Å². The van der Waals surface area contributed by atoms with E-state index in [9.17, 15) is 18.0 Å². The molecule has 1 amide bonds. The zero-order valence-electron chi connectivity index (χ0n) is 13.1. The summed E-state index contributed by atoms with van der Waals surface area (Å²) in [6.45, 7) is 1.76. The lowest BCUT2D eigenvalue weighted by molar-refractivity contribution is -0.117. The van der Waals surface area contributed by atoms with Crippen LogP contribution in [0.2, 0.25) is 0 Å². The molecule has 0 bridgehead atoms. The number of aromatic nitrogens is 1. The first-order valence-electron chi connectivity index (χ1n) is 7.49. The van der Waals surface area contributed by atoms with Crippen molar-refractivity contribution in [1.82, 2.24) is 9.88 Å². The Labute approximate surface area is 142 Å². The third-order valence-electron chi connectivity index (χ3n) is 3.19. The van der Waals surface area contributed by atoms with Gasteiger partial charge in [-0.3, -0.25) is 9.69 Å². The molecule has 1 aromatic heterocycles. The molecule has 0 aliphatic carbocycles. The van der Waals surface area contributed by atoms with Crippen LogP contribution in [0.3, 0.4) is 0 Å². The van der Waals surface area contributed by atoms with Crippen LogP contribution in [0, 0.1) is 5.82 Å². The number of amides is 1. The fraction of sp³-hybridized carbons (Fsp3) is 0.375. The van der Waals surface area contributed by atoms with Crippen molar-refractivity contribution in [2.45, 2.75) is 19.8 Å². The topological polar surface area (TPSA) is 45.2 Å². The Morgan fingerprint density at radius 1 is 1.33 bits per heavy atom. The van der Waals surface area contributed by atoms with Crippen LogP contribution in [0.15, 0.2) is 29.6 Å². The molecule has 0 unspecified atom stereocenters. The number of hydrogen-bond donors (Lipinski definition) is 1. The molecule has 1 N–H and O–H groups in total. The van der Waals surface area contributed by atoms with Gasteiger partial charge < -0.3 is 5.32 Å². The molecular weight excluding hydrogens is 339 g/mol. The van der Waals surface area contributed by atoms with Crippen LogP contribution >= 0.6 is 11.3 Å². The van der Waals surface area contributed by atoms with Gasteiger partial charge in [0.25, 0.3) is 6.43 Å². The van der Waals surface area contributed by atoms with Gasteiger partial charge in [0.2, 0.25) is 5.91 Å². The number of carbonyl (C=O) groups excluding carboxylic acids is 1. The van der Waals surface area contributed by atoms with Crippen molar-refractivity contribution in [3.05, 3.63) is 35.5 Å². The van der Waals surface area contributed by atoms with Gasteiger partial charge in [0.05, 0.1) is 18.8 Å². The number of carbonyl (C=O) groups is 1. The second-order valence-electron chi connectivity index (χ2n) is 5.22. The van der Waals surface area contributed by atoms with Crippen LogP contribution in [0.25, 0.3) is 11.3 Å². The highest BCUT2D eigenvalue weighted by Gasteiger charge is 2.16. The van der Waals surface area contributed by atoms with E-state index in [2.05, 4.69) is 10.3 Å². The van der Waals surface area contributed by atoms with Gasteiger partial charge in [0.1, 0.15) is 5.82 Å². The van der Waals surface area contributed by atoms with E-state index >= 15 is 0 Å². The molecule has 2 rings (SSSR count). The number of rotatable bonds is 8. The van der Waals surface area contributed by atoms with E-state index in [1.807, 2.05) is 6.92 Å². The van der Waals surface area contributed by atoms with Crippen molar-refractivity contribution < 1.29 is 18.0 Å². The Bertz CT molecular complexity index is 661. The summed E-state index contributed by atoms with van der Waals surface area (Å²) in [5.41, 5.74) is 1.35. The number of halogens is 3. The Morgan fingerprint density at radius 3 is 2.67 bits per heavy atom. The largest absolute Gasteiger partial charge is 0.301 e. The summed E-state index contributed by atoms with van der Waals surface area (Å²) < 4.78 is 37.9. The lowest BCUT2D eigenvalue weighted by Crippen LogP contribution is -2.36. The molecule has 2 aromatic rings. The highest BCUT2D eigenvalue weighted by molar-refractivity contribution is 7.14. The number of thiazole rings is 1. The number of hydrogen-bond acceptors (Lipinski definition) is 4. The first kappa shape index (κ1) is 18.4. The van der Waals surface area contributed by atoms with Crippen LogP contribution < -0.4 is 5.32 Å². The maximum atomic E-state index is 12.9. The van der Waals surface area contributed by atoms with E-state index in [1.54, 1.807) is 17.5 Å². The number of alkyl halides is 2. The highest BCUT2D eigenvalue weighted by atomic mass is 32.1. The summed E-state index contributed by atoms with van der Waals surface area (Å²) in [4.78, 5) is 17.7.